The van der Waals surface area contributed by atoms with Gasteiger partial charge < -0.3 is 5.11 Å². The fourth-order valence-electron chi connectivity index (χ4n) is 1.93. The second-order valence-electron chi connectivity index (χ2n) is 4.15. The van der Waals surface area contributed by atoms with Gasteiger partial charge in [0, 0.05) is 24.4 Å². The summed E-state index contributed by atoms with van der Waals surface area (Å²) in [5, 5.41) is 8.87. The summed E-state index contributed by atoms with van der Waals surface area (Å²) in [7, 11) is 0. The molecule has 1 saturated carbocycles. The quantitative estimate of drug-likeness (QED) is 0.709. The zero-order valence-corrected chi connectivity index (χ0v) is 8.56. The van der Waals surface area contributed by atoms with Crippen LogP contribution in [0.4, 0.5) is 0 Å². The largest absolute Gasteiger partial charge is 0.396 e. The highest BCUT2D eigenvalue weighted by Crippen LogP contribution is 2.36. The number of aliphatic hydroxyl groups is 1. The van der Waals surface area contributed by atoms with Gasteiger partial charge in [0.15, 0.2) is 0 Å². The van der Waals surface area contributed by atoms with Crippen molar-refractivity contribution in [1.29, 1.82) is 0 Å². The minimum Gasteiger partial charge on any atom is -0.396 e. The Labute approximate surface area is 86.4 Å². The monoisotopic (exact) mass is 210 g/mol. The standard InChI is InChI=1S/C10H14N2O3/c1-6-4-12(10(15)11-9(6)14)8-2-7(3-8)5-13/h4,7-8,13H,2-3,5H2,1H3,(H,11,14,15)/t7-,8+. The molecule has 1 fully saturated rings. The van der Waals surface area contributed by atoms with Crippen molar-refractivity contribution in [2.75, 3.05) is 6.61 Å². The zero-order valence-electron chi connectivity index (χ0n) is 8.56. The summed E-state index contributed by atoms with van der Waals surface area (Å²) < 4.78 is 1.56. The third-order valence-corrected chi connectivity index (χ3v) is 3.01. The predicted octanol–water partition coefficient (Wildman–Crippen LogP) is -0.212. The number of aryl methyl sites for hydroxylation is 1. The number of nitrogens with one attached hydrogen (secondary N) is 1. The molecule has 0 bridgehead atoms. The van der Waals surface area contributed by atoms with Crippen LogP contribution in [0.3, 0.4) is 0 Å². The Morgan fingerprint density at radius 1 is 1.53 bits per heavy atom. The Morgan fingerprint density at radius 3 is 2.80 bits per heavy atom. The summed E-state index contributed by atoms with van der Waals surface area (Å²) in [6.07, 6.45) is 3.21. The average molecular weight is 210 g/mol. The van der Waals surface area contributed by atoms with Crippen LogP contribution in [0.5, 0.6) is 0 Å². The van der Waals surface area contributed by atoms with E-state index in [9.17, 15) is 9.59 Å². The summed E-state index contributed by atoms with van der Waals surface area (Å²) in [6, 6.07) is 0.130. The Hall–Kier alpha value is -1.36. The molecular formula is C10H14N2O3. The third-order valence-electron chi connectivity index (χ3n) is 3.01. The van der Waals surface area contributed by atoms with Crippen molar-refractivity contribution in [3.05, 3.63) is 32.6 Å². The molecule has 82 valence electrons. The van der Waals surface area contributed by atoms with Crippen molar-refractivity contribution in [1.82, 2.24) is 9.55 Å². The minimum atomic E-state index is -0.355. The molecule has 0 unspecified atom stereocenters. The highest BCUT2D eigenvalue weighted by Gasteiger charge is 2.30. The topological polar surface area (TPSA) is 75.1 Å². The molecule has 5 heteroatoms. The van der Waals surface area contributed by atoms with Crippen molar-refractivity contribution < 1.29 is 5.11 Å². The van der Waals surface area contributed by atoms with Gasteiger partial charge in [-0.1, -0.05) is 0 Å². The van der Waals surface area contributed by atoms with E-state index in [2.05, 4.69) is 4.98 Å². The SMILES string of the molecule is Cc1cn([C@H]2C[C@@H](CO)C2)c(=O)[nH]c1=O. The van der Waals surface area contributed by atoms with Gasteiger partial charge in [-0.25, -0.2) is 4.79 Å². The summed E-state index contributed by atoms with van der Waals surface area (Å²) in [5.41, 5.74) is -0.136. The first kappa shape index (κ1) is 10.2. The fourth-order valence-corrected chi connectivity index (χ4v) is 1.93. The molecular weight excluding hydrogens is 196 g/mol. The normalized spacial score (nSPS) is 24.9. The van der Waals surface area contributed by atoms with Crippen LogP contribution in [0.1, 0.15) is 24.4 Å². The van der Waals surface area contributed by atoms with Crippen LogP contribution < -0.4 is 11.2 Å². The number of nitrogens with zero attached hydrogens (tertiary/aromatic N) is 1. The van der Waals surface area contributed by atoms with Crippen LogP contribution in [0.15, 0.2) is 15.8 Å². The van der Waals surface area contributed by atoms with E-state index < -0.39 is 0 Å². The maximum absolute atomic E-state index is 11.5. The van der Waals surface area contributed by atoms with Crippen molar-refractivity contribution in [3.63, 3.8) is 0 Å². The number of aliphatic hydroxyl groups excluding tert-OH is 1. The number of hydrogen-bond acceptors (Lipinski definition) is 3. The smallest absolute Gasteiger partial charge is 0.328 e. The summed E-state index contributed by atoms with van der Waals surface area (Å²) in [5.74, 6) is 0.300. The molecule has 0 atom stereocenters. The summed E-state index contributed by atoms with van der Waals surface area (Å²) >= 11 is 0. The van der Waals surface area contributed by atoms with Gasteiger partial charge in [-0.05, 0) is 25.7 Å². The average Bonchev–Trinajstić information content (AvgIpc) is 2.12. The molecule has 0 radical (unpaired) electrons. The number of hydrogen-bond donors (Lipinski definition) is 2. The molecule has 1 aliphatic rings. The molecule has 0 aliphatic heterocycles. The molecule has 0 saturated heterocycles. The highest BCUT2D eigenvalue weighted by molar-refractivity contribution is 5.03. The van der Waals surface area contributed by atoms with E-state index in [0.29, 0.717) is 11.5 Å². The van der Waals surface area contributed by atoms with E-state index >= 15 is 0 Å². The summed E-state index contributed by atoms with van der Waals surface area (Å²) in [6.45, 7) is 1.85. The first-order chi connectivity index (χ1) is 7.11. The van der Waals surface area contributed by atoms with Gasteiger partial charge in [0.2, 0.25) is 0 Å². The molecule has 1 heterocycles. The lowest BCUT2D eigenvalue weighted by molar-refractivity contribution is 0.109. The van der Waals surface area contributed by atoms with Crippen LogP contribution in [0.25, 0.3) is 0 Å². The maximum atomic E-state index is 11.5. The molecule has 2 N–H and O–H groups in total. The van der Waals surface area contributed by atoms with Crippen LogP contribution in [0, 0.1) is 12.8 Å². The lowest BCUT2D eigenvalue weighted by Gasteiger charge is -2.35. The fraction of sp³-hybridized carbons (Fsp3) is 0.600. The minimum absolute atomic E-state index is 0.130. The number of aromatic nitrogens is 2. The van der Waals surface area contributed by atoms with Crippen molar-refractivity contribution in [3.8, 4) is 0 Å². The third kappa shape index (κ3) is 1.74. The predicted molar refractivity (Wildman–Crippen MR) is 54.9 cm³/mol. The van der Waals surface area contributed by atoms with E-state index in [4.69, 9.17) is 5.11 Å². The molecule has 1 aromatic rings. The van der Waals surface area contributed by atoms with Crippen LogP contribution in [-0.2, 0) is 0 Å². The number of rotatable bonds is 2. The van der Waals surface area contributed by atoms with Crippen LogP contribution in [-0.4, -0.2) is 21.3 Å². The Morgan fingerprint density at radius 2 is 2.20 bits per heavy atom. The van der Waals surface area contributed by atoms with E-state index in [-0.39, 0.29) is 23.9 Å². The Kier molecular flexibility index (Phi) is 2.48. The van der Waals surface area contributed by atoms with E-state index in [0.717, 1.165) is 12.8 Å². The number of H-pyrrole nitrogens is 1. The van der Waals surface area contributed by atoms with Gasteiger partial charge in [0.05, 0.1) is 0 Å². The second kappa shape index (κ2) is 3.66. The Balaban J connectivity index is 2.27. The molecule has 0 spiro atoms. The van der Waals surface area contributed by atoms with Gasteiger partial charge in [-0.2, -0.15) is 0 Å². The second-order valence-corrected chi connectivity index (χ2v) is 4.15. The molecule has 0 amide bonds. The van der Waals surface area contributed by atoms with E-state index in [1.54, 1.807) is 17.7 Å². The zero-order chi connectivity index (χ0) is 11.0. The number of aromatic amines is 1. The Bertz CT molecular complexity index is 468. The van der Waals surface area contributed by atoms with Crippen molar-refractivity contribution in [2.45, 2.75) is 25.8 Å². The molecule has 1 aliphatic carbocycles. The molecule has 2 rings (SSSR count). The maximum Gasteiger partial charge on any atom is 0.328 e. The lowest BCUT2D eigenvalue weighted by Crippen LogP contribution is -2.39. The first-order valence-corrected chi connectivity index (χ1v) is 5.04. The highest BCUT2D eigenvalue weighted by atomic mass is 16.3. The molecule has 1 aromatic heterocycles. The van der Waals surface area contributed by atoms with Crippen molar-refractivity contribution in [2.24, 2.45) is 5.92 Å². The molecule has 15 heavy (non-hydrogen) atoms. The lowest BCUT2D eigenvalue weighted by atomic mass is 9.81. The van der Waals surface area contributed by atoms with Crippen LogP contribution in [0.2, 0.25) is 0 Å². The van der Waals surface area contributed by atoms with E-state index in [1.165, 1.54) is 0 Å². The van der Waals surface area contributed by atoms with E-state index in [1.807, 2.05) is 0 Å². The van der Waals surface area contributed by atoms with Gasteiger partial charge in [0.25, 0.3) is 5.56 Å². The van der Waals surface area contributed by atoms with Crippen LogP contribution >= 0.6 is 0 Å². The van der Waals surface area contributed by atoms with Gasteiger partial charge in [-0.3, -0.25) is 14.3 Å². The van der Waals surface area contributed by atoms with Crippen molar-refractivity contribution >= 4 is 0 Å². The molecule has 0 aromatic carbocycles. The van der Waals surface area contributed by atoms with Gasteiger partial charge >= 0.3 is 5.69 Å². The van der Waals surface area contributed by atoms with Gasteiger partial charge in [-0.15, -0.1) is 0 Å². The summed E-state index contributed by atoms with van der Waals surface area (Å²) in [4.78, 5) is 24.9. The van der Waals surface area contributed by atoms with Gasteiger partial charge in [0.1, 0.15) is 0 Å². The first-order valence-electron chi connectivity index (χ1n) is 5.04. The molecule has 5 nitrogen and oxygen atoms in total.